The number of urea groups is 1. The van der Waals surface area contributed by atoms with E-state index in [2.05, 4.69) is 5.32 Å². The molecule has 0 atom stereocenters. The van der Waals surface area contributed by atoms with E-state index in [9.17, 15) is 4.79 Å². The van der Waals surface area contributed by atoms with Crippen LogP contribution >= 0.6 is 0 Å². The topological polar surface area (TPSA) is 76.4 Å². The Balaban J connectivity index is 2.60. The zero-order chi connectivity index (χ0) is 11.3. The summed E-state index contributed by atoms with van der Waals surface area (Å²) in [5, 5.41) is 2.54. The molecule has 0 saturated carbocycles. The first-order chi connectivity index (χ1) is 7.11. The smallest absolute Gasteiger partial charge is 0.333 e. The largest absolute Gasteiger partial charge is 0.491 e. The predicted molar refractivity (Wildman–Crippen MR) is 58.5 cm³/mol. The van der Waals surface area contributed by atoms with Crippen LogP contribution in [0.5, 0.6) is 5.75 Å². The highest BCUT2D eigenvalue weighted by atomic mass is 16.5. The number of carbonyl (C=O) groups excluding carboxylic acids is 1. The van der Waals surface area contributed by atoms with Crippen LogP contribution in [-0.2, 0) is 0 Å². The summed E-state index contributed by atoms with van der Waals surface area (Å²) < 4.78 is 5.45. The first-order valence-corrected chi connectivity index (χ1v) is 4.66. The summed E-state index contributed by atoms with van der Waals surface area (Å²) in [6.45, 7) is 3.90. The molecule has 0 fully saturated rings. The van der Waals surface area contributed by atoms with E-state index < -0.39 is 6.03 Å². The molecule has 0 saturated heterocycles. The van der Waals surface area contributed by atoms with Crippen molar-refractivity contribution in [2.75, 3.05) is 5.32 Å². The second kappa shape index (κ2) is 5.21. The average Bonchev–Trinajstić information content (AvgIpc) is 2.20. The van der Waals surface area contributed by atoms with E-state index in [0.29, 0.717) is 5.69 Å². The van der Waals surface area contributed by atoms with Gasteiger partial charge in [-0.2, -0.15) is 0 Å². The normalized spacial score (nSPS) is 9.87. The molecule has 0 aromatic heterocycles. The molecule has 0 heterocycles. The van der Waals surface area contributed by atoms with E-state index in [1.807, 2.05) is 19.3 Å². The van der Waals surface area contributed by atoms with Crippen molar-refractivity contribution in [2.24, 2.45) is 5.84 Å². The number of hydrazine groups is 1. The van der Waals surface area contributed by atoms with Gasteiger partial charge in [-0.15, -0.1) is 0 Å². The van der Waals surface area contributed by atoms with Crippen LogP contribution in [0.1, 0.15) is 13.8 Å². The fourth-order valence-electron chi connectivity index (χ4n) is 1.06. The Kier molecular flexibility index (Phi) is 3.93. The van der Waals surface area contributed by atoms with Crippen LogP contribution in [0.2, 0.25) is 0 Å². The SMILES string of the molecule is CC(C)Oc1ccc(NC(=O)NN)cc1. The molecular weight excluding hydrogens is 194 g/mol. The average molecular weight is 209 g/mol. The molecule has 1 rings (SSSR count). The van der Waals surface area contributed by atoms with Crippen LogP contribution in [0.15, 0.2) is 24.3 Å². The maximum Gasteiger partial charge on any atom is 0.333 e. The van der Waals surface area contributed by atoms with Gasteiger partial charge in [-0.1, -0.05) is 0 Å². The van der Waals surface area contributed by atoms with Crippen molar-refractivity contribution in [2.45, 2.75) is 20.0 Å². The lowest BCUT2D eigenvalue weighted by Crippen LogP contribution is -2.34. The molecule has 5 heteroatoms. The third-order valence-electron chi connectivity index (χ3n) is 1.62. The van der Waals surface area contributed by atoms with Crippen molar-refractivity contribution in [3.8, 4) is 5.75 Å². The van der Waals surface area contributed by atoms with E-state index in [1.54, 1.807) is 24.3 Å². The zero-order valence-corrected chi connectivity index (χ0v) is 8.78. The molecule has 0 aliphatic heterocycles. The summed E-state index contributed by atoms with van der Waals surface area (Å²) >= 11 is 0. The fourth-order valence-corrected chi connectivity index (χ4v) is 1.06. The molecule has 5 nitrogen and oxygen atoms in total. The molecular formula is C10H15N3O2. The Labute approximate surface area is 88.6 Å². The highest BCUT2D eigenvalue weighted by Crippen LogP contribution is 2.16. The minimum Gasteiger partial charge on any atom is -0.491 e. The maximum atomic E-state index is 10.9. The minimum absolute atomic E-state index is 0.135. The lowest BCUT2D eigenvalue weighted by Gasteiger charge is -2.10. The van der Waals surface area contributed by atoms with Crippen molar-refractivity contribution >= 4 is 11.7 Å². The third kappa shape index (κ3) is 3.86. The van der Waals surface area contributed by atoms with Crippen LogP contribution in [0, 0.1) is 0 Å². The number of ether oxygens (including phenoxy) is 1. The summed E-state index contributed by atoms with van der Waals surface area (Å²) in [6, 6.07) is 6.60. The lowest BCUT2D eigenvalue weighted by atomic mass is 10.3. The van der Waals surface area contributed by atoms with Gasteiger partial charge in [-0.05, 0) is 38.1 Å². The number of carbonyl (C=O) groups is 1. The predicted octanol–water partition coefficient (Wildman–Crippen LogP) is 1.47. The molecule has 0 bridgehead atoms. The molecule has 0 unspecified atom stereocenters. The molecule has 0 aliphatic carbocycles. The van der Waals surface area contributed by atoms with Crippen LogP contribution in [-0.4, -0.2) is 12.1 Å². The van der Waals surface area contributed by atoms with Crippen LogP contribution in [0.25, 0.3) is 0 Å². The van der Waals surface area contributed by atoms with Gasteiger partial charge in [0.25, 0.3) is 0 Å². The highest BCUT2D eigenvalue weighted by molar-refractivity contribution is 5.88. The molecule has 15 heavy (non-hydrogen) atoms. The monoisotopic (exact) mass is 209 g/mol. The van der Waals surface area contributed by atoms with Gasteiger partial charge in [0.15, 0.2) is 0 Å². The van der Waals surface area contributed by atoms with Crippen molar-refractivity contribution < 1.29 is 9.53 Å². The quantitative estimate of drug-likeness (QED) is 0.401. The number of nitrogens with one attached hydrogen (secondary N) is 2. The van der Waals surface area contributed by atoms with Gasteiger partial charge >= 0.3 is 6.03 Å². The number of hydrogen-bond acceptors (Lipinski definition) is 3. The zero-order valence-electron chi connectivity index (χ0n) is 8.78. The van der Waals surface area contributed by atoms with E-state index in [4.69, 9.17) is 10.6 Å². The Morgan fingerprint density at radius 3 is 2.40 bits per heavy atom. The Hall–Kier alpha value is -1.75. The van der Waals surface area contributed by atoms with Gasteiger partial charge < -0.3 is 10.1 Å². The first kappa shape index (κ1) is 11.3. The highest BCUT2D eigenvalue weighted by Gasteiger charge is 2.00. The first-order valence-electron chi connectivity index (χ1n) is 4.66. The van der Waals surface area contributed by atoms with E-state index >= 15 is 0 Å². The van der Waals surface area contributed by atoms with Crippen molar-refractivity contribution in [1.82, 2.24) is 5.43 Å². The van der Waals surface area contributed by atoms with Gasteiger partial charge in [0.1, 0.15) is 5.75 Å². The van der Waals surface area contributed by atoms with E-state index in [-0.39, 0.29) is 6.10 Å². The summed E-state index contributed by atoms with van der Waals surface area (Å²) in [4.78, 5) is 10.9. The number of rotatable bonds is 3. The summed E-state index contributed by atoms with van der Waals surface area (Å²) in [7, 11) is 0. The van der Waals surface area contributed by atoms with Crippen LogP contribution in [0.3, 0.4) is 0 Å². The van der Waals surface area contributed by atoms with Gasteiger partial charge in [-0.25, -0.2) is 10.6 Å². The number of hydrogen-bond donors (Lipinski definition) is 3. The standard InChI is InChI=1S/C10H15N3O2/c1-7(2)15-9-5-3-8(4-6-9)12-10(14)13-11/h3-7H,11H2,1-2H3,(H2,12,13,14). The van der Waals surface area contributed by atoms with E-state index in [0.717, 1.165) is 5.75 Å². The lowest BCUT2D eigenvalue weighted by molar-refractivity contribution is 0.242. The van der Waals surface area contributed by atoms with Crippen LogP contribution < -0.4 is 21.3 Å². The van der Waals surface area contributed by atoms with Gasteiger partial charge in [-0.3, -0.25) is 5.43 Å². The van der Waals surface area contributed by atoms with Crippen molar-refractivity contribution in [1.29, 1.82) is 0 Å². The maximum absolute atomic E-state index is 10.9. The van der Waals surface area contributed by atoms with E-state index in [1.165, 1.54) is 0 Å². The fraction of sp³-hybridized carbons (Fsp3) is 0.300. The Morgan fingerprint density at radius 2 is 1.93 bits per heavy atom. The number of amides is 2. The molecule has 1 aromatic carbocycles. The number of anilines is 1. The van der Waals surface area contributed by atoms with Crippen LogP contribution in [0.4, 0.5) is 10.5 Å². The molecule has 82 valence electrons. The van der Waals surface area contributed by atoms with Crippen molar-refractivity contribution in [3.05, 3.63) is 24.3 Å². The number of nitrogens with two attached hydrogens (primary N) is 1. The molecule has 1 aromatic rings. The Morgan fingerprint density at radius 1 is 1.33 bits per heavy atom. The summed E-state index contributed by atoms with van der Waals surface area (Å²) in [6.07, 6.45) is 0.135. The summed E-state index contributed by atoms with van der Waals surface area (Å²) in [5.74, 6) is 5.70. The molecule has 0 spiro atoms. The third-order valence-corrected chi connectivity index (χ3v) is 1.62. The minimum atomic E-state index is -0.451. The second-order valence-electron chi connectivity index (χ2n) is 3.29. The Bertz CT molecular complexity index is 322. The van der Waals surface area contributed by atoms with Gasteiger partial charge in [0.05, 0.1) is 6.10 Å². The molecule has 4 N–H and O–H groups in total. The molecule has 0 aliphatic rings. The van der Waals surface area contributed by atoms with Crippen molar-refractivity contribution in [3.63, 3.8) is 0 Å². The second-order valence-corrected chi connectivity index (χ2v) is 3.29. The van der Waals surface area contributed by atoms with Gasteiger partial charge in [0.2, 0.25) is 0 Å². The molecule has 2 amide bonds. The number of benzene rings is 1. The molecule has 0 radical (unpaired) electrons. The van der Waals surface area contributed by atoms with Gasteiger partial charge in [0, 0.05) is 5.69 Å². The summed E-state index contributed by atoms with van der Waals surface area (Å²) in [5.41, 5.74) is 2.64.